The van der Waals surface area contributed by atoms with Crippen molar-refractivity contribution in [3.63, 3.8) is 0 Å². The van der Waals surface area contributed by atoms with E-state index in [-0.39, 0.29) is 23.5 Å². The van der Waals surface area contributed by atoms with E-state index in [4.69, 9.17) is 4.74 Å². The van der Waals surface area contributed by atoms with E-state index < -0.39 is 29.0 Å². The molecule has 1 saturated carbocycles. The fourth-order valence-electron chi connectivity index (χ4n) is 6.27. The molecular weight excluding hydrogens is 485 g/mol. The van der Waals surface area contributed by atoms with Crippen LogP contribution in [0.5, 0.6) is 0 Å². The molecule has 0 unspecified atom stereocenters. The van der Waals surface area contributed by atoms with Crippen LogP contribution in [0.2, 0.25) is 0 Å². The average molecular weight is 515 g/mol. The summed E-state index contributed by atoms with van der Waals surface area (Å²) in [6.07, 6.45) is -1.34. The number of likely N-dealkylation sites (tertiary alicyclic amines) is 1. The molecule has 37 heavy (non-hydrogen) atoms. The molecule has 196 valence electrons. The highest BCUT2D eigenvalue weighted by Crippen LogP contribution is 2.46. The fourth-order valence-corrected chi connectivity index (χ4v) is 6.27. The Morgan fingerprint density at radius 2 is 1.89 bits per heavy atom. The summed E-state index contributed by atoms with van der Waals surface area (Å²) in [6, 6.07) is 10.6. The summed E-state index contributed by atoms with van der Waals surface area (Å²) in [5.74, 6) is 0. The Bertz CT molecular complexity index is 1350. The van der Waals surface area contributed by atoms with Crippen molar-refractivity contribution >= 4 is 22.8 Å². The van der Waals surface area contributed by atoms with Crippen molar-refractivity contribution in [2.24, 2.45) is 0 Å². The van der Waals surface area contributed by atoms with Crippen molar-refractivity contribution in [3.05, 3.63) is 59.4 Å². The number of ether oxygens (including phenoxy) is 1. The maximum absolute atomic E-state index is 14.4. The fraction of sp³-hybridized carbons (Fsp3) is 0.481. The molecule has 0 bridgehead atoms. The maximum atomic E-state index is 14.4. The summed E-state index contributed by atoms with van der Waals surface area (Å²) in [6.45, 7) is 3.39. The van der Waals surface area contributed by atoms with E-state index in [1.807, 2.05) is 24.3 Å². The third-order valence-corrected chi connectivity index (χ3v) is 8.15. The number of amides is 1. The Kier molecular flexibility index (Phi) is 5.54. The van der Waals surface area contributed by atoms with Crippen LogP contribution < -0.4 is 5.32 Å². The first kappa shape index (κ1) is 24.2. The minimum Gasteiger partial charge on any atom is -0.438 e. The second-order valence-corrected chi connectivity index (χ2v) is 10.8. The van der Waals surface area contributed by atoms with Crippen LogP contribution in [0.4, 0.5) is 23.7 Å². The van der Waals surface area contributed by atoms with E-state index >= 15 is 0 Å². The van der Waals surface area contributed by atoms with E-state index in [2.05, 4.69) is 15.2 Å². The van der Waals surface area contributed by atoms with Crippen molar-refractivity contribution in [3.8, 4) is 0 Å². The molecule has 1 saturated heterocycles. The number of benzene rings is 2. The molecule has 3 heterocycles. The lowest BCUT2D eigenvalue weighted by molar-refractivity contribution is -0.137. The van der Waals surface area contributed by atoms with Gasteiger partial charge in [-0.1, -0.05) is 24.3 Å². The van der Waals surface area contributed by atoms with Gasteiger partial charge in [-0.2, -0.15) is 13.2 Å². The molecular formula is C27H29F3N4O3. The predicted molar refractivity (Wildman–Crippen MR) is 131 cm³/mol. The number of nitrogens with one attached hydrogen (secondary N) is 1. The molecule has 2 aromatic carbocycles. The van der Waals surface area contributed by atoms with Crippen LogP contribution in [0.15, 0.2) is 42.7 Å². The van der Waals surface area contributed by atoms with E-state index in [1.54, 1.807) is 17.6 Å². The summed E-state index contributed by atoms with van der Waals surface area (Å²) in [5, 5.41) is 12.9. The molecule has 2 fully saturated rings. The molecule has 7 nitrogen and oxygen atoms in total. The number of aliphatic hydroxyl groups is 1. The first-order valence-electron chi connectivity index (χ1n) is 12.6. The van der Waals surface area contributed by atoms with Crippen molar-refractivity contribution < 1.29 is 27.8 Å². The molecule has 0 radical (unpaired) electrons. The number of rotatable bonds is 4. The van der Waals surface area contributed by atoms with E-state index in [0.29, 0.717) is 50.8 Å². The number of alkyl halides is 3. The largest absolute Gasteiger partial charge is 0.438 e. The van der Waals surface area contributed by atoms with E-state index in [1.165, 1.54) is 12.4 Å². The standard InChI is InChI=1S/C27H29F3N4O3/c1-25(36)14-18(15-25)34-16-31-21-7-6-17(22(23(21)34)27(28,29)30)8-11-33-12-9-26(10-13-33)19-4-2-3-5-20(19)32-24(35)37-26/h2-7,16,18,36H,8-15H2,1H3,(H,32,35). The average Bonchev–Trinajstić information content (AvgIpc) is 3.24. The molecule has 10 heteroatoms. The Hall–Kier alpha value is -3.11. The number of carbonyl (C=O) groups excluding carboxylic acids is 1. The zero-order valence-electron chi connectivity index (χ0n) is 20.5. The van der Waals surface area contributed by atoms with Gasteiger partial charge < -0.3 is 19.3 Å². The number of carbonyl (C=O) groups is 1. The number of piperidine rings is 1. The van der Waals surface area contributed by atoms with Crippen LogP contribution in [0, 0.1) is 0 Å². The predicted octanol–water partition coefficient (Wildman–Crippen LogP) is 5.24. The van der Waals surface area contributed by atoms with Gasteiger partial charge in [0.15, 0.2) is 0 Å². The molecule has 1 aliphatic carbocycles. The van der Waals surface area contributed by atoms with Crippen molar-refractivity contribution in [2.45, 2.75) is 62.4 Å². The number of nitrogens with zero attached hydrogens (tertiary/aromatic N) is 3. The van der Waals surface area contributed by atoms with Gasteiger partial charge in [-0.05, 0) is 43.9 Å². The SMILES string of the molecule is CC1(O)CC(n2cnc3ccc(CCN4CCC5(CC4)OC(=O)Nc4ccccc45)c(C(F)(F)F)c32)C1. The number of halogens is 3. The van der Waals surface area contributed by atoms with Gasteiger partial charge in [0.25, 0.3) is 0 Å². The van der Waals surface area contributed by atoms with E-state index in [9.17, 15) is 23.1 Å². The van der Waals surface area contributed by atoms with Crippen LogP contribution in [0.3, 0.4) is 0 Å². The number of anilines is 1. The van der Waals surface area contributed by atoms with Crippen molar-refractivity contribution in [1.29, 1.82) is 0 Å². The summed E-state index contributed by atoms with van der Waals surface area (Å²) in [4.78, 5) is 18.5. The molecule has 1 amide bonds. The first-order chi connectivity index (χ1) is 17.5. The van der Waals surface area contributed by atoms with Gasteiger partial charge in [0.1, 0.15) is 5.60 Å². The third-order valence-electron chi connectivity index (χ3n) is 8.15. The van der Waals surface area contributed by atoms with Gasteiger partial charge in [-0.25, -0.2) is 9.78 Å². The van der Waals surface area contributed by atoms with Gasteiger partial charge >= 0.3 is 12.3 Å². The Morgan fingerprint density at radius 3 is 2.59 bits per heavy atom. The molecule has 1 aromatic heterocycles. The van der Waals surface area contributed by atoms with Crippen LogP contribution in [0.1, 0.15) is 55.3 Å². The minimum atomic E-state index is -4.53. The number of para-hydroxylation sites is 1. The quantitative estimate of drug-likeness (QED) is 0.498. The molecule has 6 rings (SSSR count). The smallest absolute Gasteiger partial charge is 0.418 e. The summed E-state index contributed by atoms with van der Waals surface area (Å²) < 4.78 is 50.5. The normalized spacial score (nSPS) is 25.4. The van der Waals surface area contributed by atoms with Crippen LogP contribution in [-0.4, -0.2) is 50.9 Å². The topological polar surface area (TPSA) is 79.6 Å². The summed E-state index contributed by atoms with van der Waals surface area (Å²) in [5.41, 5.74) is 0.154. The van der Waals surface area contributed by atoms with E-state index in [0.717, 1.165) is 11.3 Å². The first-order valence-corrected chi connectivity index (χ1v) is 12.6. The van der Waals surface area contributed by atoms with Crippen LogP contribution in [-0.2, 0) is 22.9 Å². The Labute approximate surface area is 212 Å². The highest BCUT2D eigenvalue weighted by molar-refractivity contribution is 5.88. The Morgan fingerprint density at radius 1 is 1.16 bits per heavy atom. The molecule has 1 spiro atoms. The zero-order chi connectivity index (χ0) is 26.0. The molecule has 0 atom stereocenters. The van der Waals surface area contributed by atoms with Gasteiger partial charge in [0, 0.05) is 44.1 Å². The second kappa shape index (κ2) is 8.46. The van der Waals surface area contributed by atoms with Gasteiger partial charge in [0.05, 0.1) is 34.2 Å². The zero-order valence-corrected chi connectivity index (χ0v) is 20.5. The number of hydrogen-bond donors (Lipinski definition) is 2. The van der Waals surface area contributed by atoms with Crippen LogP contribution in [0.25, 0.3) is 11.0 Å². The van der Waals surface area contributed by atoms with Crippen molar-refractivity contribution in [2.75, 3.05) is 25.0 Å². The van der Waals surface area contributed by atoms with Gasteiger partial charge in [0.2, 0.25) is 0 Å². The summed E-state index contributed by atoms with van der Waals surface area (Å²) >= 11 is 0. The van der Waals surface area contributed by atoms with Gasteiger partial charge in [-0.3, -0.25) is 5.32 Å². The highest BCUT2D eigenvalue weighted by atomic mass is 19.4. The lowest BCUT2D eigenvalue weighted by atomic mass is 9.77. The minimum absolute atomic E-state index is 0.0984. The van der Waals surface area contributed by atoms with Crippen molar-refractivity contribution in [1.82, 2.24) is 14.5 Å². The molecule has 2 aliphatic heterocycles. The highest BCUT2D eigenvalue weighted by Gasteiger charge is 2.45. The monoisotopic (exact) mass is 514 g/mol. The number of hydrogen-bond acceptors (Lipinski definition) is 5. The number of imidazole rings is 1. The summed E-state index contributed by atoms with van der Waals surface area (Å²) in [7, 11) is 0. The molecule has 3 aromatic rings. The Balaban J connectivity index is 1.21. The van der Waals surface area contributed by atoms with Gasteiger partial charge in [-0.15, -0.1) is 0 Å². The lowest BCUT2D eigenvalue weighted by Crippen LogP contribution is -2.48. The molecule has 3 aliphatic rings. The second-order valence-electron chi connectivity index (χ2n) is 10.8. The van der Waals surface area contributed by atoms with Crippen LogP contribution >= 0.6 is 0 Å². The maximum Gasteiger partial charge on any atom is 0.418 e. The third kappa shape index (κ3) is 4.25. The number of aromatic nitrogens is 2. The number of fused-ring (bicyclic) bond motifs is 3. The lowest BCUT2D eigenvalue weighted by Gasteiger charge is -2.44. The molecule has 2 N–H and O–H groups in total.